The third-order valence-electron chi connectivity index (χ3n) is 2.85. The molecule has 0 spiro atoms. The Labute approximate surface area is 99.8 Å². The Kier molecular flexibility index (Phi) is 5.00. The molecule has 17 heavy (non-hydrogen) atoms. The Morgan fingerprint density at radius 1 is 1.18 bits per heavy atom. The van der Waals surface area contributed by atoms with Crippen molar-refractivity contribution in [3.63, 3.8) is 0 Å². The van der Waals surface area contributed by atoms with Crippen LogP contribution < -0.4 is 5.73 Å². The van der Waals surface area contributed by atoms with E-state index < -0.39 is 23.5 Å². The summed E-state index contributed by atoms with van der Waals surface area (Å²) in [6.45, 7) is 4.03. The molecule has 0 aliphatic carbocycles. The summed E-state index contributed by atoms with van der Waals surface area (Å²) in [5, 5.41) is 0. The van der Waals surface area contributed by atoms with Crippen LogP contribution in [0.3, 0.4) is 0 Å². The molecular formula is C13H18F3N. The van der Waals surface area contributed by atoms with Gasteiger partial charge in [0.2, 0.25) is 0 Å². The number of nitrogens with two attached hydrogens (primary N) is 1. The van der Waals surface area contributed by atoms with E-state index in [1.54, 1.807) is 0 Å². The zero-order chi connectivity index (χ0) is 13.0. The van der Waals surface area contributed by atoms with Crippen LogP contribution in [0.5, 0.6) is 0 Å². The topological polar surface area (TPSA) is 26.0 Å². The van der Waals surface area contributed by atoms with Gasteiger partial charge in [0, 0.05) is 23.7 Å². The standard InChI is InChI=1S/C13H18F3N/c1-3-4-8(2)5-12(17)13-10(15)6-9(14)7-11(13)16/h6-8,12H,3-5,17H2,1-2H3. The summed E-state index contributed by atoms with van der Waals surface area (Å²) in [6.07, 6.45) is 2.45. The maximum atomic E-state index is 13.4. The smallest absolute Gasteiger partial charge is 0.133 e. The van der Waals surface area contributed by atoms with Gasteiger partial charge < -0.3 is 5.73 Å². The molecule has 1 rings (SSSR count). The predicted octanol–water partition coefficient (Wildman–Crippen LogP) is 3.93. The third kappa shape index (κ3) is 3.73. The van der Waals surface area contributed by atoms with E-state index in [4.69, 9.17) is 5.73 Å². The number of hydrogen-bond donors (Lipinski definition) is 1. The Morgan fingerprint density at radius 3 is 2.18 bits per heavy atom. The maximum Gasteiger partial charge on any atom is 0.133 e. The minimum absolute atomic E-state index is 0.214. The van der Waals surface area contributed by atoms with Gasteiger partial charge >= 0.3 is 0 Å². The highest BCUT2D eigenvalue weighted by atomic mass is 19.1. The van der Waals surface area contributed by atoms with Crippen LogP contribution in [0.15, 0.2) is 12.1 Å². The van der Waals surface area contributed by atoms with Crippen LogP contribution in [-0.4, -0.2) is 0 Å². The SMILES string of the molecule is CCCC(C)CC(N)c1c(F)cc(F)cc1F. The number of halogens is 3. The van der Waals surface area contributed by atoms with E-state index in [0.717, 1.165) is 12.8 Å². The average molecular weight is 245 g/mol. The summed E-state index contributed by atoms with van der Waals surface area (Å²) in [5.74, 6) is -2.44. The zero-order valence-electron chi connectivity index (χ0n) is 10.1. The molecule has 0 saturated heterocycles. The minimum Gasteiger partial charge on any atom is -0.324 e. The summed E-state index contributed by atoms with van der Waals surface area (Å²) in [6, 6.07) is 0.614. The van der Waals surface area contributed by atoms with Crippen molar-refractivity contribution in [2.75, 3.05) is 0 Å². The summed E-state index contributed by atoms with van der Waals surface area (Å²) in [4.78, 5) is 0. The van der Waals surface area contributed by atoms with Crippen LogP contribution in [0.2, 0.25) is 0 Å². The van der Waals surface area contributed by atoms with Gasteiger partial charge in [0.15, 0.2) is 0 Å². The fourth-order valence-electron chi connectivity index (χ4n) is 2.07. The highest BCUT2D eigenvalue weighted by Gasteiger charge is 2.19. The Bertz CT molecular complexity index is 356. The first kappa shape index (κ1) is 14.0. The molecule has 0 aliphatic rings. The summed E-state index contributed by atoms with van der Waals surface area (Å²) < 4.78 is 39.6. The van der Waals surface area contributed by atoms with E-state index in [1.807, 2.05) is 13.8 Å². The van der Waals surface area contributed by atoms with Crippen molar-refractivity contribution in [2.45, 2.75) is 39.2 Å². The van der Waals surface area contributed by atoms with Crippen molar-refractivity contribution in [1.29, 1.82) is 0 Å². The Morgan fingerprint density at radius 2 is 1.71 bits per heavy atom. The van der Waals surface area contributed by atoms with Crippen LogP contribution in [0.25, 0.3) is 0 Å². The monoisotopic (exact) mass is 245 g/mol. The molecule has 0 fully saturated rings. The van der Waals surface area contributed by atoms with Gasteiger partial charge in [0.25, 0.3) is 0 Å². The van der Waals surface area contributed by atoms with E-state index in [0.29, 0.717) is 24.5 Å². The van der Waals surface area contributed by atoms with Crippen molar-refractivity contribution >= 4 is 0 Å². The largest absolute Gasteiger partial charge is 0.324 e. The van der Waals surface area contributed by atoms with Gasteiger partial charge in [0.1, 0.15) is 17.5 Å². The Hall–Kier alpha value is -1.03. The first-order chi connectivity index (χ1) is 7.95. The molecule has 0 saturated carbocycles. The van der Waals surface area contributed by atoms with Gasteiger partial charge in [-0.3, -0.25) is 0 Å². The second-order valence-electron chi connectivity index (χ2n) is 4.52. The lowest BCUT2D eigenvalue weighted by molar-refractivity contribution is 0.416. The van der Waals surface area contributed by atoms with E-state index >= 15 is 0 Å². The quantitative estimate of drug-likeness (QED) is 0.835. The van der Waals surface area contributed by atoms with E-state index in [1.165, 1.54) is 0 Å². The summed E-state index contributed by atoms with van der Waals surface area (Å²) in [7, 11) is 0. The fraction of sp³-hybridized carbons (Fsp3) is 0.538. The molecule has 1 aromatic rings. The normalized spacial score (nSPS) is 14.7. The second kappa shape index (κ2) is 6.05. The lowest BCUT2D eigenvalue weighted by Crippen LogP contribution is -2.17. The Balaban J connectivity index is 2.85. The maximum absolute atomic E-state index is 13.4. The molecule has 2 atom stereocenters. The molecule has 0 bridgehead atoms. The molecule has 96 valence electrons. The highest BCUT2D eigenvalue weighted by Crippen LogP contribution is 2.26. The average Bonchev–Trinajstić information content (AvgIpc) is 2.15. The van der Waals surface area contributed by atoms with Crippen LogP contribution in [0.1, 0.15) is 44.7 Å². The van der Waals surface area contributed by atoms with Crippen molar-refractivity contribution in [3.05, 3.63) is 35.1 Å². The van der Waals surface area contributed by atoms with Gasteiger partial charge in [-0.2, -0.15) is 0 Å². The molecule has 0 radical (unpaired) electrons. The van der Waals surface area contributed by atoms with E-state index in [-0.39, 0.29) is 5.56 Å². The minimum atomic E-state index is -0.919. The highest BCUT2D eigenvalue weighted by molar-refractivity contribution is 5.24. The molecule has 0 heterocycles. The van der Waals surface area contributed by atoms with Gasteiger partial charge in [-0.25, -0.2) is 13.2 Å². The predicted molar refractivity (Wildman–Crippen MR) is 61.9 cm³/mol. The molecule has 4 heteroatoms. The van der Waals surface area contributed by atoms with E-state index in [2.05, 4.69) is 0 Å². The van der Waals surface area contributed by atoms with Gasteiger partial charge in [-0.15, -0.1) is 0 Å². The van der Waals surface area contributed by atoms with Gasteiger partial charge in [-0.1, -0.05) is 26.7 Å². The second-order valence-corrected chi connectivity index (χ2v) is 4.52. The lowest BCUT2D eigenvalue weighted by atomic mass is 9.93. The molecule has 0 amide bonds. The lowest BCUT2D eigenvalue weighted by Gasteiger charge is -2.18. The molecule has 2 N–H and O–H groups in total. The first-order valence-electron chi connectivity index (χ1n) is 5.85. The number of benzene rings is 1. The molecular weight excluding hydrogens is 227 g/mol. The van der Waals surface area contributed by atoms with Crippen molar-refractivity contribution in [1.82, 2.24) is 0 Å². The number of hydrogen-bond acceptors (Lipinski definition) is 1. The zero-order valence-corrected chi connectivity index (χ0v) is 10.1. The van der Waals surface area contributed by atoms with Crippen molar-refractivity contribution in [2.24, 2.45) is 11.7 Å². The molecule has 0 aromatic heterocycles. The van der Waals surface area contributed by atoms with Crippen LogP contribution >= 0.6 is 0 Å². The van der Waals surface area contributed by atoms with Crippen LogP contribution in [-0.2, 0) is 0 Å². The third-order valence-corrected chi connectivity index (χ3v) is 2.85. The van der Waals surface area contributed by atoms with Crippen molar-refractivity contribution < 1.29 is 13.2 Å². The molecule has 1 aromatic carbocycles. The van der Waals surface area contributed by atoms with Crippen LogP contribution in [0.4, 0.5) is 13.2 Å². The van der Waals surface area contributed by atoms with Crippen LogP contribution in [0, 0.1) is 23.4 Å². The van der Waals surface area contributed by atoms with Gasteiger partial charge in [0.05, 0.1) is 0 Å². The molecule has 0 aliphatic heterocycles. The van der Waals surface area contributed by atoms with Gasteiger partial charge in [-0.05, 0) is 12.3 Å². The summed E-state index contributed by atoms with van der Waals surface area (Å²) >= 11 is 0. The number of rotatable bonds is 5. The molecule has 2 unspecified atom stereocenters. The summed E-state index contributed by atoms with van der Waals surface area (Å²) in [5.41, 5.74) is 5.56. The fourth-order valence-corrected chi connectivity index (χ4v) is 2.07. The first-order valence-corrected chi connectivity index (χ1v) is 5.85. The molecule has 1 nitrogen and oxygen atoms in total. The van der Waals surface area contributed by atoms with Crippen molar-refractivity contribution in [3.8, 4) is 0 Å². The van der Waals surface area contributed by atoms with E-state index in [9.17, 15) is 13.2 Å².